The van der Waals surface area contributed by atoms with Gasteiger partial charge in [-0.1, -0.05) is 18.2 Å². The number of pyridine rings is 1. The molecule has 0 aliphatic carbocycles. The molecule has 1 aromatic heterocycles. The fraction of sp³-hybridized carbons (Fsp3) is 0.0625. The zero-order valence-corrected chi connectivity index (χ0v) is 12.1. The predicted octanol–water partition coefficient (Wildman–Crippen LogP) is 3.63. The van der Waals surface area contributed by atoms with Gasteiger partial charge in [0.1, 0.15) is 0 Å². The molecule has 2 heterocycles. The van der Waals surface area contributed by atoms with Crippen LogP contribution in [0.2, 0.25) is 0 Å². The number of nitrogens with zero attached hydrogens (tertiary/aromatic N) is 2. The number of aryl methyl sites for hydroxylation is 1. The van der Waals surface area contributed by atoms with E-state index in [0.717, 1.165) is 17.3 Å². The molecule has 104 valence electrons. The molecule has 1 fully saturated rings. The minimum atomic E-state index is -0.304. The molecule has 1 aliphatic rings. The van der Waals surface area contributed by atoms with Gasteiger partial charge >= 0.3 is 0 Å². The van der Waals surface area contributed by atoms with Crippen LogP contribution in [0.3, 0.4) is 0 Å². The number of carbonyl (C=O) groups is 2. The van der Waals surface area contributed by atoms with Gasteiger partial charge < -0.3 is 0 Å². The van der Waals surface area contributed by atoms with Crippen LogP contribution < -0.4 is 4.90 Å². The quantitative estimate of drug-likeness (QED) is 0.794. The molecule has 1 saturated heterocycles. The summed E-state index contributed by atoms with van der Waals surface area (Å²) >= 11 is 0.936. The van der Waals surface area contributed by atoms with E-state index >= 15 is 0 Å². The smallest absolute Gasteiger partial charge is 0.268 e. The lowest BCUT2D eigenvalue weighted by molar-refractivity contribution is -0.113. The molecule has 0 N–H and O–H groups in total. The van der Waals surface area contributed by atoms with Gasteiger partial charge in [0.05, 0.1) is 16.3 Å². The first-order valence-corrected chi connectivity index (χ1v) is 7.22. The number of amides is 2. The van der Waals surface area contributed by atoms with E-state index in [1.165, 1.54) is 4.90 Å². The highest BCUT2D eigenvalue weighted by Gasteiger charge is 2.36. The van der Waals surface area contributed by atoms with Gasteiger partial charge in [-0.05, 0) is 54.6 Å². The summed E-state index contributed by atoms with van der Waals surface area (Å²) < 4.78 is 0. The summed E-state index contributed by atoms with van der Waals surface area (Å²) in [4.78, 5) is 30.3. The van der Waals surface area contributed by atoms with E-state index in [1.807, 2.05) is 31.2 Å². The normalized spacial score (nSPS) is 16.8. The van der Waals surface area contributed by atoms with Crippen molar-refractivity contribution in [3.63, 3.8) is 0 Å². The van der Waals surface area contributed by atoms with Crippen LogP contribution >= 0.6 is 11.8 Å². The lowest BCUT2D eigenvalue weighted by Crippen LogP contribution is -2.27. The molecule has 4 nitrogen and oxygen atoms in total. The molecular formula is C16H12N2O2S. The Labute approximate surface area is 126 Å². The SMILES string of the molecule is Cc1cccc(N2C(=O)S/C(=C\c3ccccn3)C2=O)c1. The van der Waals surface area contributed by atoms with Crippen molar-refractivity contribution >= 4 is 34.7 Å². The van der Waals surface area contributed by atoms with Crippen LogP contribution in [0.15, 0.2) is 53.6 Å². The average Bonchev–Trinajstić information content (AvgIpc) is 2.74. The topological polar surface area (TPSA) is 50.3 Å². The van der Waals surface area contributed by atoms with E-state index in [0.29, 0.717) is 16.3 Å². The van der Waals surface area contributed by atoms with Crippen molar-refractivity contribution in [2.75, 3.05) is 4.90 Å². The number of hydrogen-bond acceptors (Lipinski definition) is 4. The van der Waals surface area contributed by atoms with Crippen LogP contribution in [0.25, 0.3) is 6.08 Å². The Morgan fingerprint density at radius 3 is 2.71 bits per heavy atom. The third-order valence-electron chi connectivity index (χ3n) is 3.02. The maximum absolute atomic E-state index is 12.4. The number of aromatic nitrogens is 1. The third kappa shape index (κ3) is 2.73. The Kier molecular flexibility index (Phi) is 3.58. The van der Waals surface area contributed by atoms with Gasteiger partial charge in [0.2, 0.25) is 0 Å². The van der Waals surface area contributed by atoms with Crippen LogP contribution in [0, 0.1) is 6.92 Å². The zero-order chi connectivity index (χ0) is 14.8. The van der Waals surface area contributed by atoms with Crippen molar-refractivity contribution in [1.82, 2.24) is 4.98 Å². The number of hydrogen-bond donors (Lipinski definition) is 0. The number of thioether (sulfide) groups is 1. The summed E-state index contributed by atoms with van der Waals surface area (Å²) in [5, 5.41) is -0.284. The fourth-order valence-corrected chi connectivity index (χ4v) is 2.88. The summed E-state index contributed by atoms with van der Waals surface area (Å²) in [5.74, 6) is -0.304. The van der Waals surface area contributed by atoms with Crippen molar-refractivity contribution in [2.45, 2.75) is 6.92 Å². The first-order chi connectivity index (χ1) is 10.1. The van der Waals surface area contributed by atoms with Crippen LogP contribution in [0.5, 0.6) is 0 Å². The molecule has 0 radical (unpaired) electrons. The van der Waals surface area contributed by atoms with E-state index in [4.69, 9.17) is 0 Å². The van der Waals surface area contributed by atoms with Gasteiger partial charge in [0.25, 0.3) is 11.1 Å². The van der Waals surface area contributed by atoms with E-state index in [1.54, 1.807) is 30.5 Å². The summed E-state index contributed by atoms with van der Waals surface area (Å²) in [7, 11) is 0. The lowest BCUT2D eigenvalue weighted by atomic mass is 10.2. The minimum Gasteiger partial charge on any atom is -0.268 e. The van der Waals surface area contributed by atoms with Gasteiger partial charge in [-0.3, -0.25) is 14.6 Å². The molecule has 3 rings (SSSR count). The second-order valence-corrected chi connectivity index (χ2v) is 5.60. The molecule has 2 amide bonds. The Hall–Kier alpha value is -2.40. The monoisotopic (exact) mass is 296 g/mol. The molecular weight excluding hydrogens is 284 g/mol. The highest BCUT2D eigenvalue weighted by Crippen LogP contribution is 2.35. The van der Waals surface area contributed by atoms with Crippen molar-refractivity contribution in [2.24, 2.45) is 0 Å². The first kappa shape index (κ1) is 13.6. The molecule has 21 heavy (non-hydrogen) atoms. The fourth-order valence-electron chi connectivity index (χ4n) is 2.05. The highest BCUT2D eigenvalue weighted by atomic mass is 32.2. The van der Waals surface area contributed by atoms with Crippen molar-refractivity contribution in [1.29, 1.82) is 0 Å². The molecule has 0 bridgehead atoms. The molecule has 0 unspecified atom stereocenters. The number of anilines is 1. The summed E-state index contributed by atoms with van der Waals surface area (Å²) in [6, 6.07) is 12.8. The van der Waals surface area contributed by atoms with Gasteiger partial charge in [-0.15, -0.1) is 0 Å². The van der Waals surface area contributed by atoms with Gasteiger partial charge in [-0.25, -0.2) is 4.90 Å². The minimum absolute atomic E-state index is 0.284. The molecule has 1 aliphatic heterocycles. The van der Waals surface area contributed by atoms with Crippen LogP contribution in [0.4, 0.5) is 10.5 Å². The average molecular weight is 296 g/mol. The second-order valence-electron chi connectivity index (χ2n) is 4.61. The van der Waals surface area contributed by atoms with Gasteiger partial charge in [-0.2, -0.15) is 0 Å². The first-order valence-electron chi connectivity index (χ1n) is 6.41. The zero-order valence-electron chi connectivity index (χ0n) is 11.3. The number of benzene rings is 1. The molecule has 0 saturated carbocycles. The maximum atomic E-state index is 12.4. The molecule has 0 spiro atoms. The van der Waals surface area contributed by atoms with E-state index in [-0.39, 0.29) is 11.1 Å². The van der Waals surface area contributed by atoms with Gasteiger partial charge in [0.15, 0.2) is 0 Å². The second kappa shape index (κ2) is 5.54. The lowest BCUT2D eigenvalue weighted by Gasteiger charge is -2.12. The Morgan fingerprint density at radius 1 is 1.14 bits per heavy atom. The standard InChI is InChI=1S/C16H12N2O2S/c1-11-5-4-7-13(9-11)18-15(19)14(21-16(18)20)10-12-6-2-3-8-17-12/h2-10H,1H3/b14-10-. The summed E-state index contributed by atoms with van der Waals surface area (Å²) in [5.41, 5.74) is 2.26. The van der Waals surface area contributed by atoms with Crippen LogP contribution in [-0.4, -0.2) is 16.1 Å². The van der Waals surface area contributed by atoms with Crippen LogP contribution in [-0.2, 0) is 4.79 Å². The number of rotatable bonds is 2. The summed E-state index contributed by atoms with van der Waals surface area (Å²) in [6.07, 6.45) is 3.29. The maximum Gasteiger partial charge on any atom is 0.298 e. The van der Waals surface area contributed by atoms with Crippen molar-refractivity contribution < 1.29 is 9.59 Å². The van der Waals surface area contributed by atoms with Crippen LogP contribution in [0.1, 0.15) is 11.3 Å². The molecule has 0 atom stereocenters. The largest absolute Gasteiger partial charge is 0.298 e. The van der Waals surface area contributed by atoms with Crippen molar-refractivity contribution in [3.05, 3.63) is 64.8 Å². The number of carbonyl (C=O) groups excluding carboxylic acids is 2. The molecule has 5 heteroatoms. The van der Waals surface area contributed by atoms with Gasteiger partial charge in [0, 0.05) is 6.20 Å². The predicted molar refractivity (Wildman–Crippen MR) is 83.9 cm³/mol. The van der Waals surface area contributed by atoms with E-state index in [9.17, 15) is 9.59 Å². The Bertz CT molecular complexity index is 741. The highest BCUT2D eigenvalue weighted by molar-refractivity contribution is 8.19. The Balaban J connectivity index is 1.94. The van der Waals surface area contributed by atoms with E-state index in [2.05, 4.69) is 4.98 Å². The third-order valence-corrected chi connectivity index (χ3v) is 3.89. The summed E-state index contributed by atoms with van der Waals surface area (Å²) in [6.45, 7) is 1.92. The van der Waals surface area contributed by atoms with Crippen molar-refractivity contribution in [3.8, 4) is 0 Å². The number of imide groups is 1. The molecule has 2 aromatic rings. The van der Waals surface area contributed by atoms with E-state index < -0.39 is 0 Å². The molecule has 1 aromatic carbocycles. The Morgan fingerprint density at radius 2 is 2.00 bits per heavy atom.